The van der Waals surface area contributed by atoms with Gasteiger partial charge in [-0.3, -0.25) is 0 Å². The zero-order valence-corrected chi connectivity index (χ0v) is 18.8. The normalized spacial score (nSPS) is 10.8. The molecule has 164 valence electrons. The number of aromatic nitrogens is 2. The number of ether oxygens (including phenoxy) is 2. The summed E-state index contributed by atoms with van der Waals surface area (Å²) in [6.45, 7) is 2.47. The van der Waals surface area contributed by atoms with Gasteiger partial charge in [0.25, 0.3) is 0 Å². The van der Waals surface area contributed by atoms with E-state index in [2.05, 4.69) is 15.3 Å². The summed E-state index contributed by atoms with van der Waals surface area (Å²) in [6.07, 6.45) is 2.30. The molecule has 4 aromatic rings. The van der Waals surface area contributed by atoms with E-state index in [0.29, 0.717) is 35.9 Å². The third-order valence-electron chi connectivity index (χ3n) is 5.21. The highest BCUT2D eigenvalue weighted by Gasteiger charge is 2.20. The first-order valence-electron chi connectivity index (χ1n) is 10.1. The number of methoxy groups -OCH3 is 2. The van der Waals surface area contributed by atoms with Crippen molar-refractivity contribution in [3.63, 3.8) is 0 Å². The van der Waals surface area contributed by atoms with Crippen molar-refractivity contribution < 1.29 is 19.4 Å². The third-order valence-corrected chi connectivity index (χ3v) is 6.03. The fourth-order valence-corrected chi connectivity index (χ4v) is 4.33. The minimum atomic E-state index is -0.988. The lowest BCUT2D eigenvalue weighted by Gasteiger charge is -2.15. The summed E-state index contributed by atoms with van der Waals surface area (Å²) in [5.74, 6) is 0.735. The second-order valence-corrected chi connectivity index (χ2v) is 8.03. The van der Waals surface area contributed by atoms with Crippen molar-refractivity contribution in [1.82, 2.24) is 9.97 Å². The van der Waals surface area contributed by atoms with Crippen molar-refractivity contribution in [2.75, 3.05) is 19.5 Å². The fourth-order valence-electron chi connectivity index (χ4n) is 3.59. The van der Waals surface area contributed by atoms with Crippen LogP contribution in [0.25, 0.3) is 21.6 Å². The summed E-state index contributed by atoms with van der Waals surface area (Å²) < 4.78 is 10.7. The summed E-state index contributed by atoms with van der Waals surface area (Å²) in [5.41, 5.74) is 3.26. The number of fused-ring (bicyclic) bond motifs is 1. The highest BCUT2D eigenvalue weighted by atomic mass is 32.1. The van der Waals surface area contributed by atoms with Gasteiger partial charge in [0.05, 0.1) is 19.8 Å². The smallest absolute Gasteiger partial charge is 0.336 e. The molecule has 2 N–H and O–H groups in total. The molecule has 0 aliphatic rings. The van der Waals surface area contributed by atoms with Crippen molar-refractivity contribution >= 4 is 33.2 Å². The lowest BCUT2D eigenvalue weighted by molar-refractivity contribution is 0.0696. The summed E-state index contributed by atoms with van der Waals surface area (Å²) in [5, 5.41) is 16.2. The van der Waals surface area contributed by atoms with Gasteiger partial charge in [0.1, 0.15) is 4.83 Å². The van der Waals surface area contributed by atoms with Crippen LogP contribution < -0.4 is 14.8 Å². The average Bonchev–Trinajstić information content (AvgIpc) is 3.29. The molecule has 0 bridgehead atoms. The van der Waals surface area contributed by atoms with Gasteiger partial charge in [-0.05, 0) is 53.3 Å². The van der Waals surface area contributed by atoms with Crippen molar-refractivity contribution in [3.05, 3.63) is 64.7 Å². The van der Waals surface area contributed by atoms with E-state index in [9.17, 15) is 9.90 Å². The van der Waals surface area contributed by atoms with Crippen molar-refractivity contribution in [3.8, 4) is 22.9 Å². The van der Waals surface area contributed by atoms with Crippen molar-refractivity contribution in [1.29, 1.82) is 0 Å². The Morgan fingerprint density at radius 1 is 1.12 bits per heavy atom. The van der Waals surface area contributed by atoms with E-state index in [0.717, 1.165) is 27.0 Å². The van der Waals surface area contributed by atoms with Gasteiger partial charge < -0.3 is 19.9 Å². The summed E-state index contributed by atoms with van der Waals surface area (Å²) in [6, 6.07) is 11.3. The number of benzene rings is 2. The van der Waals surface area contributed by atoms with Crippen LogP contribution in [0.5, 0.6) is 11.5 Å². The fraction of sp³-hybridized carbons (Fsp3) is 0.208. The van der Waals surface area contributed by atoms with Gasteiger partial charge in [0.2, 0.25) is 0 Å². The Balaban J connectivity index is 1.72. The van der Waals surface area contributed by atoms with Gasteiger partial charge in [-0.25, -0.2) is 14.8 Å². The number of hydrogen-bond donors (Lipinski definition) is 2. The number of carboxylic acid groups (broad SMARTS) is 1. The van der Waals surface area contributed by atoms with Gasteiger partial charge >= 0.3 is 5.97 Å². The molecule has 32 heavy (non-hydrogen) atoms. The van der Waals surface area contributed by atoms with E-state index >= 15 is 0 Å². The molecule has 0 saturated carbocycles. The van der Waals surface area contributed by atoms with Gasteiger partial charge in [0.15, 0.2) is 17.3 Å². The SMILES string of the molecule is CCc1cc(NCc2ccc(OC)c(OC)c2)cc(-c2ncc3ccsc3n2)c1C(=O)O. The zero-order chi connectivity index (χ0) is 22.7. The molecule has 7 nitrogen and oxygen atoms in total. The molecule has 0 aliphatic carbocycles. The van der Waals surface area contributed by atoms with Crippen LogP contribution in [0, 0.1) is 0 Å². The molecule has 2 heterocycles. The number of carboxylic acids is 1. The average molecular weight is 450 g/mol. The molecule has 0 spiro atoms. The van der Waals surface area contributed by atoms with E-state index in [1.54, 1.807) is 26.5 Å². The molecule has 0 aliphatic heterocycles. The number of anilines is 1. The second kappa shape index (κ2) is 9.23. The van der Waals surface area contributed by atoms with Gasteiger partial charge in [-0.1, -0.05) is 13.0 Å². The Hall–Kier alpha value is -3.65. The van der Waals surface area contributed by atoms with Gasteiger partial charge in [-0.15, -0.1) is 11.3 Å². The van der Waals surface area contributed by atoms with Crippen LogP contribution in [0.2, 0.25) is 0 Å². The van der Waals surface area contributed by atoms with Crippen LogP contribution in [0.4, 0.5) is 5.69 Å². The maximum absolute atomic E-state index is 12.1. The van der Waals surface area contributed by atoms with Crippen LogP contribution in [0.15, 0.2) is 48.0 Å². The quantitative estimate of drug-likeness (QED) is 0.379. The number of carbonyl (C=O) groups is 1. The number of aryl methyl sites for hydroxylation is 1. The Morgan fingerprint density at radius 2 is 1.94 bits per heavy atom. The first-order valence-corrected chi connectivity index (χ1v) is 11.0. The predicted octanol–water partition coefficient (Wildman–Crippen LogP) is 5.25. The van der Waals surface area contributed by atoms with Crippen molar-refractivity contribution in [2.24, 2.45) is 0 Å². The van der Waals surface area contributed by atoms with Gasteiger partial charge in [-0.2, -0.15) is 0 Å². The highest BCUT2D eigenvalue weighted by molar-refractivity contribution is 7.16. The standard InChI is InChI=1S/C24H23N3O4S/c1-4-15-10-17(25-12-14-5-6-19(30-2)20(9-14)31-3)11-18(21(15)24(28)29)22-26-13-16-7-8-32-23(16)27-22/h5-11,13,25H,4,12H2,1-3H3,(H,28,29). The molecule has 0 unspecified atom stereocenters. The monoisotopic (exact) mass is 449 g/mol. The second-order valence-electron chi connectivity index (χ2n) is 7.13. The van der Waals surface area contributed by atoms with Crippen LogP contribution in [0.3, 0.4) is 0 Å². The summed E-state index contributed by atoms with van der Waals surface area (Å²) in [7, 11) is 3.20. The van der Waals surface area contributed by atoms with Crippen LogP contribution in [-0.2, 0) is 13.0 Å². The Morgan fingerprint density at radius 3 is 2.66 bits per heavy atom. The Bertz CT molecular complexity index is 1290. The third kappa shape index (κ3) is 4.22. The minimum Gasteiger partial charge on any atom is -0.493 e. The van der Waals surface area contributed by atoms with E-state index < -0.39 is 5.97 Å². The first-order chi connectivity index (χ1) is 15.5. The van der Waals surface area contributed by atoms with E-state index in [1.165, 1.54) is 11.3 Å². The van der Waals surface area contributed by atoms with E-state index in [4.69, 9.17) is 9.47 Å². The number of nitrogens with zero attached hydrogens (tertiary/aromatic N) is 2. The molecule has 0 amide bonds. The lowest BCUT2D eigenvalue weighted by Crippen LogP contribution is -2.09. The summed E-state index contributed by atoms with van der Waals surface area (Å²) in [4.78, 5) is 22.0. The van der Waals surface area contributed by atoms with Crippen LogP contribution >= 0.6 is 11.3 Å². The zero-order valence-electron chi connectivity index (χ0n) is 18.0. The summed E-state index contributed by atoms with van der Waals surface area (Å²) >= 11 is 1.50. The lowest BCUT2D eigenvalue weighted by atomic mass is 9.97. The molecular formula is C24H23N3O4S. The van der Waals surface area contributed by atoms with E-state index in [-0.39, 0.29) is 5.56 Å². The van der Waals surface area contributed by atoms with Crippen molar-refractivity contribution in [2.45, 2.75) is 19.9 Å². The first kappa shape index (κ1) is 21.6. The van der Waals surface area contributed by atoms with Gasteiger partial charge in [0, 0.05) is 29.4 Å². The molecule has 0 fully saturated rings. The molecule has 0 atom stereocenters. The maximum Gasteiger partial charge on any atom is 0.336 e. The molecule has 4 rings (SSSR count). The Labute approximate surface area is 189 Å². The number of hydrogen-bond acceptors (Lipinski definition) is 7. The number of rotatable bonds is 8. The van der Waals surface area contributed by atoms with Crippen LogP contribution in [0.1, 0.15) is 28.4 Å². The molecule has 2 aromatic heterocycles. The minimum absolute atomic E-state index is 0.236. The molecule has 0 saturated heterocycles. The van der Waals surface area contributed by atoms with E-state index in [1.807, 2.05) is 42.6 Å². The highest BCUT2D eigenvalue weighted by Crippen LogP contribution is 2.32. The molecular weight excluding hydrogens is 426 g/mol. The Kier molecular flexibility index (Phi) is 6.23. The number of aromatic carboxylic acids is 1. The largest absolute Gasteiger partial charge is 0.493 e. The molecule has 0 radical (unpaired) electrons. The number of nitrogens with one attached hydrogen (secondary N) is 1. The molecule has 8 heteroatoms. The molecule has 2 aromatic carbocycles. The van der Waals surface area contributed by atoms with Crippen LogP contribution in [-0.4, -0.2) is 35.3 Å². The maximum atomic E-state index is 12.1. The number of thiophene rings is 1. The topological polar surface area (TPSA) is 93.6 Å². The predicted molar refractivity (Wildman–Crippen MR) is 126 cm³/mol.